The van der Waals surface area contributed by atoms with E-state index in [4.69, 9.17) is 4.74 Å². The number of esters is 1. The molecule has 1 fully saturated rings. The third-order valence-electron chi connectivity index (χ3n) is 5.37. The van der Waals surface area contributed by atoms with Crippen molar-refractivity contribution in [1.29, 1.82) is 0 Å². The lowest BCUT2D eigenvalue weighted by atomic mass is 10.0. The van der Waals surface area contributed by atoms with Crippen molar-refractivity contribution < 1.29 is 23.4 Å². The Kier molecular flexibility index (Phi) is 8.12. The first-order chi connectivity index (χ1) is 14.5. The number of aliphatic hydroxyl groups is 1. The van der Waals surface area contributed by atoms with Gasteiger partial charge in [0.2, 0.25) is 0 Å². The highest BCUT2D eigenvalue weighted by molar-refractivity contribution is 7.76. The van der Waals surface area contributed by atoms with Gasteiger partial charge in [0.1, 0.15) is 0 Å². The molecule has 1 aliphatic heterocycles. The molecule has 1 aliphatic rings. The van der Waals surface area contributed by atoms with Crippen LogP contribution in [0.4, 0.5) is 0 Å². The fourth-order valence-electron chi connectivity index (χ4n) is 3.81. The maximum atomic E-state index is 12.0. The summed E-state index contributed by atoms with van der Waals surface area (Å²) in [5.74, 6) is -0.432. The van der Waals surface area contributed by atoms with Gasteiger partial charge in [-0.05, 0) is 42.6 Å². The second kappa shape index (κ2) is 10.8. The van der Waals surface area contributed by atoms with Crippen LogP contribution in [0.5, 0.6) is 0 Å². The van der Waals surface area contributed by atoms with Crippen molar-refractivity contribution in [3.63, 3.8) is 0 Å². The highest BCUT2D eigenvalue weighted by Gasteiger charge is 2.28. The van der Waals surface area contributed by atoms with Crippen molar-refractivity contribution in [3.05, 3.63) is 71.3 Å². The minimum Gasteiger partial charge on any atom is -0.760 e. The molecule has 162 valence electrons. The van der Waals surface area contributed by atoms with E-state index in [0.29, 0.717) is 12.1 Å². The largest absolute Gasteiger partial charge is 0.760 e. The monoisotopic (exact) mass is 431 g/mol. The molecule has 1 heterocycles. The van der Waals surface area contributed by atoms with E-state index in [-0.39, 0.29) is 19.1 Å². The van der Waals surface area contributed by atoms with Crippen LogP contribution in [0.3, 0.4) is 0 Å². The number of nitrogens with zero attached hydrogens (tertiary/aromatic N) is 2. The number of ether oxygens (including phenoxy) is 1. The van der Waals surface area contributed by atoms with E-state index in [9.17, 15) is 18.7 Å². The molecule has 0 aromatic heterocycles. The smallest absolute Gasteiger partial charge is 0.337 e. The van der Waals surface area contributed by atoms with Crippen molar-refractivity contribution in [2.45, 2.75) is 31.5 Å². The van der Waals surface area contributed by atoms with Gasteiger partial charge in [0, 0.05) is 36.9 Å². The quantitative estimate of drug-likeness (QED) is 0.509. The summed E-state index contributed by atoms with van der Waals surface area (Å²) < 4.78 is 30.1. The van der Waals surface area contributed by atoms with Gasteiger partial charge < -0.3 is 14.4 Å². The summed E-state index contributed by atoms with van der Waals surface area (Å²) in [6.07, 6.45) is 1.24. The van der Waals surface area contributed by atoms with Crippen molar-refractivity contribution in [3.8, 4) is 0 Å². The zero-order chi connectivity index (χ0) is 21.5. The predicted molar refractivity (Wildman–Crippen MR) is 113 cm³/mol. The first-order valence-corrected chi connectivity index (χ1v) is 11.0. The van der Waals surface area contributed by atoms with Gasteiger partial charge in [-0.1, -0.05) is 42.5 Å². The maximum Gasteiger partial charge on any atom is 0.337 e. The standard InChI is InChI=1S/C22H28N2O5S/c1-29-22(26)19-11-9-17(10-12-19)14-24(30(27)28)16-21(18-6-3-2-4-7-18)23-13-5-8-20(25)15-23/h2-4,6-7,9-12,20-21,25H,5,8,13-16H2,1H3,(H,27,28)/p-1. The molecule has 3 unspecified atom stereocenters. The topological polar surface area (TPSA) is 93.1 Å². The van der Waals surface area contributed by atoms with E-state index < -0.39 is 23.3 Å². The number of piperidine rings is 1. The lowest BCUT2D eigenvalue weighted by Gasteiger charge is -2.39. The first kappa shape index (κ1) is 22.6. The molecule has 30 heavy (non-hydrogen) atoms. The average Bonchev–Trinajstić information content (AvgIpc) is 2.77. The number of rotatable bonds is 8. The number of carbonyl (C=O) groups is 1. The van der Waals surface area contributed by atoms with Gasteiger partial charge in [0.25, 0.3) is 0 Å². The van der Waals surface area contributed by atoms with Crippen LogP contribution in [0.2, 0.25) is 0 Å². The second-order valence-corrected chi connectivity index (χ2v) is 8.40. The van der Waals surface area contributed by atoms with Crippen LogP contribution >= 0.6 is 0 Å². The highest BCUT2D eigenvalue weighted by Crippen LogP contribution is 2.27. The lowest BCUT2D eigenvalue weighted by Crippen LogP contribution is -2.45. The molecule has 0 spiro atoms. The van der Waals surface area contributed by atoms with Gasteiger partial charge in [0.05, 0.1) is 18.8 Å². The zero-order valence-electron chi connectivity index (χ0n) is 17.0. The summed E-state index contributed by atoms with van der Waals surface area (Å²) in [4.78, 5) is 13.8. The van der Waals surface area contributed by atoms with E-state index in [2.05, 4.69) is 4.90 Å². The van der Waals surface area contributed by atoms with Crippen LogP contribution < -0.4 is 0 Å². The van der Waals surface area contributed by atoms with Gasteiger partial charge in [-0.2, -0.15) is 0 Å². The normalized spacial score (nSPS) is 19.4. The number of likely N-dealkylation sites (tertiary alicyclic amines) is 1. The molecule has 1 saturated heterocycles. The number of β-amino-alcohol motifs (C(OH)–C–C–N with tert-alkyl or cyclic N) is 1. The van der Waals surface area contributed by atoms with Crippen LogP contribution in [0.1, 0.15) is 40.4 Å². The minimum absolute atomic E-state index is 0.159. The predicted octanol–water partition coefficient (Wildman–Crippen LogP) is 2.27. The number of carbonyl (C=O) groups excluding carboxylic acids is 1. The molecule has 3 atom stereocenters. The molecule has 0 aliphatic carbocycles. The Morgan fingerprint density at radius 2 is 1.97 bits per heavy atom. The van der Waals surface area contributed by atoms with E-state index in [1.807, 2.05) is 30.3 Å². The first-order valence-electron chi connectivity index (χ1n) is 9.96. The third-order valence-corrected chi connectivity index (χ3v) is 6.07. The van der Waals surface area contributed by atoms with Gasteiger partial charge in [-0.15, -0.1) is 0 Å². The Labute approximate surface area is 179 Å². The Morgan fingerprint density at radius 1 is 1.27 bits per heavy atom. The van der Waals surface area contributed by atoms with E-state index >= 15 is 0 Å². The molecule has 0 bridgehead atoms. The summed E-state index contributed by atoms with van der Waals surface area (Å²) in [6, 6.07) is 16.3. The molecule has 7 nitrogen and oxygen atoms in total. The van der Waals surface area contributed by atoms with Gasteiger partial charge in [-0.25, -0.2) is 9.10 Å². The summed E-state index contributed by atoms with van der Waals surface area (Å²) in [5.41, 5.74) is 2.21. The summed E-state index contributed by atoms with van der Waals surface area (Å²) in [7, 11) is 1.32. The molecule has 0 radical (unpaired) electrons. The fourth-order valence-corrected chi connectivity index (χ4v) is 4.33. The third kappa shape index (κ3) is 5.96. The molecular formula is C22H27N2O5S-. The molecule has 3 rings (SSSR count). The van der Waals surface area contributed by atoms with E-state index in [1.54, 1.807) is 24.3 Å². The van der Waals surface area contributed by atoms with Gasteiger partial charge >= 0.3 is 5.97 Å². The van der Waals surface area contributed by atoms with Crippen LogP contribution in [0.25, 0.3) is 0 Å². The van der Waals surface area contributed by atoms with Gasteiger partial charge in [-0.3, -0.25) is 9.11 Å². The molecule has 2 aromatic carbocycles. The number of methoxy groups -OCH3 is 1. The Hall–Kier alpha value is -2.10. The second-order valence-electron chi connectivity index (χ2n) is 7.45. The number of aliphatic hydroxyl groups excluding tert-OH is 1. The Bertz CT molecular complexity index is 846. The van der Waals surface area contributed by atoms with Crippen LogP contribution in [-0.2, 0) is 22.5 Å². The van der Waals surface area contributed by atoms with Crippen molar-refractivity contribution >= 4 is 17.2 Å². The summed E-state index contributed by atoms with van der Waals surface area (Å²) >= 11 is -2.42. The Balaban J connectivity index is 1.79. The SMILES string of the molecule is COC(=O)c1ccc(CN(CC(c2ccccc2)N2CCCC(O)C2)S(=O)[O-])cc1. The van der Waals surface area contributed by atoms with Crippen molar-refractivity contribution in [2.75, 3.05) is 26.7 Å². The molecule has 0 saturated carbocycles. The average molecular weight is 432 g/mol. The van der Waals surface area contributed by atoms with Crippen LogP contribution in [0.15, 0.2) is 54.6 Å². The van der Waals surface area contributed by atoms with Crippen LogP contribution in [-0.4, -0.2) is 61.9 Å². The summed E-state index contributed by atoms with van der Waals surface area (Å²) in [5, 5.41) is 10.1. The molecule has 0 amide bonds. The number of hydrogen-bond acceptors (Lipinski definition) is 6. The van der Waals surface area contributed by atoms with Crippen molar-refractivity contribution in [2.24, 2.45) is 0 Å². The molecular weight excluding hydrogens is 404 g/mol. The van der Waals surface area contributed by atoms with E-state index in [0.717, 1.165) is 30.5 Å². The molecule has 1 N–H and O–H groups in total. The number of benzene rings is 2. The van der Waals surface area contributed by atoms with Gasteiger partial charge in [0.15, 0.2) is 0 Å². The number of hydrogen-bond donors (Lipinski definition) is 1. The minimum atomic E-state index is -2.42. The molecule has 8 heteroatoms. The van der Waals surface area contributed by atoms with Crippen LogP contribution in [0, 0.1) is 0 Å². The highest BCUT2D eigenvalue weighted by atomic mass is 32.2. The lowest BCUT2D eigenvalue weighted by molar-refractivity contribution is 0.0404. The van der Waals surface area contributed by atoms with Crippen molar-refractivity contribution in [1.82, 2.24) is 9.21 Å². The fraction of sp³-hybridized carbons (Fsp3) is 0.409. The summed E-state index contributed by atoms with van der Waals surface area (Å²) in [6.45, 7) is 1.79. The van der Waals surface area contributed by atoms with E-state index in [1.165, 1.54) is 11.4 Å². The maximum absolute atomic E-state index is 12.0. The zero-order valence-corrected chi connectivity index (χ0v) is 17.8. The molecule has 2 aromatic rings. The Morgan fingerprint density at radius 3 is 2.57 bits per heavy atom.